The summed E-state index contributed by atoms with van der Waals surface area (Å²) >= 11 is 1.49. The van der Waals surface area contributed by atoms with Crippen molar-refractivity contribution in [3.63, 3.8) is 0 Å². The molecule has 174 valence electrons. The smallest absolute Gasteiger partial charge is 0.338 e. The van der Waals surface area contributed by atoms with Gasteiger partial charge < -0.3 is 15.0 Å². The number of amidine groups is 1. The maximum atomic E-state index is 13.4. The summed E-state index contributed by atoms with van der Waals surface area (Å²) in [5, 5.41) is 5.80. The highest BCUT2D eigenvalue weighted by molar-refractivity contribution is 8.16. The van der Waals surface area contributed by atoms with Crippen LogP contribution in [0.15, 0.2) is 76.3 Å². The van der Waals surface area contributed by atoms with E-state index in [0.29, 0.717) is 17.3 Å². The number of fused-ring (bicyclic) bond motifs is 1. The maximum absolute atomic E-state index is 13.4. The third-order valence-electron chi connectivity index (χ3n) is 5.99. The van der Waals surface area contributed by atoms with Gasteiger partial charge in [-0.15, -0.1) is 0 Å². The minimum atomic E-state index is -0.448. The fourth-order valence-corrected chi connectivity index (χ4v) is 5.23. The van der Waals surface area contributed by atoms with Gasteiger partial charge in [0.05, 0.1) is 30.3 Å². The van der Waals surface area contributed by atoms with Gasteiger partial charge in [0.15, 0.2) is 5.17 Å². The van der Waals surface area contributed by atoms with E-state index in [0.717, 1.165) is 40.4 Å². The Kier molecular flexibility index (Phi) is 6.28. The number of carbonyl (C=O) groups excluding carboxylic acids is 2. The number of rotatable bonds is 7. The van der Waals surface area contributed by atoms with Crippen molar-refractivity contribution in [3.8, 4) is 0 Å². The van der Waals surface area contributed by atoms with Gasteiger partial charge in [-0.05, 0) is 37.7 Å². The van der Waals surface area contributed by atoms with E-state index in [4.69, 9.17) is 9.73 Å². The van der Waals surface area contributed by atoms with Crippen LogP contribution in [0.2, 0.25) is 0 Å². The normalized spacial score (nSPS) is 19.4. The number of hydrogen-bond acceptors (Lipinski definition) is 6. The predicted molar refractivity (Wildman–Crippen MR) is 135 cm³/mol. The van der Waals surface area contributed by atoms with Crippen LogP contribution < -0.4 is 5.32 Å². The number of nitrogens with zero attached hydrogens (tertiary/aromatic N) is 2. The average molecular weight is 474 g/mol. The molecule has 0 bridgehead atoms. The van der Waals surface area contributed by atoms with Gasteiger partial charge in [-0.1, -0.05) is 71.9 Å². The van der Waals surface area contributed by atoms with Crippen LogP contribution in [0.5, 0.6) is 0 Å². The lowest BCUT2D eigenvalue weighted by Crippen LogP contribution is -2.38. The lowest BCUT2D eigenvalue weighted by molar-refractivity contribution is -0.139. The van der Waals surface area contributed by atoms with E-state index >= 15 is 0 Å². The van der Waals surface area contributed by atoms with E-state index in [1.807, 2.05) is 65.8 Å². The van der Waals surface area contributed by atoms with Crippen LogP contribution in [-0.4, -0.2) is 34.6 Å². The summed E-state index contributed by atoms with van der Waals surface area (Å²) in [6.07, 6.45) is 2.32. The molecule has 3 aliphatic rings. The zero-order valence-electron chi connectivity index (χ0n) is 19.3. The van der Waals surface area contributed by atoms with Crippen molar-refractivity contribution in [2.45, 2.75) is 45.2 Å². The molecular weight excluding hydrogens is 446 g/mol. The number of nitrogens with one attached hydrogen (secondary N) is 1. The molecule has 0 radical (unpaired) electrons. The molecule has 1 saturated carbocycles. The van der Waals surface area contributed by atoms with Gasteiger partial charge in [-0.25, -0.2) is 9.79 Å². The Morgan fingerprint density at radius 1 is 1.15 bits per heavy atom. The highest BCUT2D eigenvalue weighted by Crippen LogP contribution is 2.47. The SMILES string of the molecule is CCOC(=O)C1=C(c2ccccc2)N=C2SC=C(CC(=O)NC3CC3)N2[C@@H]1c1cccc(C)c1. The van der Waals surface area contributed by atoms with Crippen LogP contribution in [0, 0.1) is 6.92 Å². The number of aliphatic imine (C=N–C) groups is 1. The van der Waals surface area contributed by atoms with Crippen LogP contribution in [0.25, 0.3) is 5.70 Å². The van der Waals surface area contributed by atoms with E-state index in [-0.39, 0.29) is 18.9 Å². The summed E-state index contributed by atoms with van der Waals surface area (Å²) < 4.78 is 5.54. The molecule has 7 heteroatoms. The van der Waals surface area contributed by atoms with E-state index in [1.54, 1.807) is 6.92 Å². The molecule has 1 atom stereocenters. The highest BCUT2D eigenvalue weighted by Gasteiger charge is 2.42. The van der Waals surface area contributed by atoms with Gasteiger partial charge in [-0.3, -0.25) is 4.79 Å². The minimum absolute atomic E-state index is 0.00545. The van der Waals surface area contributed by atoms with Gasteiger partial charge in [0.2, 0.25) is 5.91 Å². The van der Waals surface area contributed by atoms with Crippen LogP contribution in [-0.2, 0) is 14.3 Å². The molecule has 0 aromatic heterocycles. The average Bonchev–Trinajstić information content (AvgIpc) is 3.56. The summed E-state index contributed by atoms with van der Waals surface area (Å²) in [4.78, 5) is 33.1. The molecule has 5 rings (SSSR count). The second-order valence-corrected chi connectivity index (χ2v) is 9.51. The summed E-state index contributed by atoms with van der Waals surface area (Å²) in [6.45, 7) is 4.10. The standard InChI is InChI=1S/C27H27N3O3S/c1-3-33-26(32)23-24(18-9-5-4-6-10-18)29-27-30(25(23)19-11-7-8-17(2)14-19)21(16-34-27)15-22(31)28-20-12-13-20/h4-11,14,16,20,25H,3,12-13,15H2,1-2H3,(H,28,31)/t25-/m1/s1. The molecule has 34 heavy (non-hydrogen) atoms. The number of amides is 1. The first kappa shape index (κ1) is 22.5. The van der Waals surface area contributed by atoms with Crippen molar-refractivity contribution in [2.75, 3.05) is 6.61 Å². The van der Waals surface area contributed by atoms with Crippen LogP contribution in [0.1, 0.15) is 48.9 Å². The number of hydrogen-bond donors (Lipinski definition) is 1. The lowest BCUT2D eigenvalue weighted by atomic mass is 9.90. The molecule has 0 saturated heterocycles. The van der Waals surface area contributed by atoms with Gasteiger partial charge >= 0.3 is 5.97 Å². The summed E-state index contributed by atoms with van der Waals surface area (Å²) in [5.74, 6) is -0.400. The zero-order chi connectivity index (χ0) is 23.7. The maximum Gasteiger partial charge on any atom is 0.338 e. The molecule has 2 heterocycles. The molecule has 6 nitrogen and oxygen atoms in total. The quantitative estimate of drug-likeness (QED) is 0.577. The highest BCUT2D eigenvalue weighted by atomic mass is 32.2. The first-order chi connectivity index (χ1) is 16.5. The molecule has 1 aliphatic carbocycles. The van der Waals surface area contributed by atoms with E-state index in [2.05, 4.69) is 11.4 Å². The van der Waals surface area contributed by atoms with E-state index in [9.17, 15) is 9.59 Å². The lowest BCUT2D eigenvalue weighted by Gasteiger charge is -2.37. The number of benzene rings is 2. The van der Waals surface area contributed by atoms with Gasteiger partial charge in [0.1, 0.15) is 0 Å². The summed E-state index contributed by atoms with van der Waals surface area (Å²) in [7, 11) is 0. The van der Waals surface area contributed by atoms with Crippen molar-refractivity contribution < 1.29 is 14.3 Å². The Bertz CT molecular complexity index is 1210. The van der Waals surface area contributed by atoms with Crippen molar-refractivity contribution in [1.82, 2.24) is 10.2 Å². The van der Waals surface area contributed by atoms with Crippen LogP contribution in [0.3, 0.4) is 0 Å². The van der Waals surface area contributed by atoms with Crippen LogP contribution in [0.4, 0.5) is 0 Å². The van der Waals surface area contributed by atoms with Crippen molar-refractivity contribution in [2.24, 2.45) is 4.99 Å². The van der Waals surface area contributed by atoms with Gasteiger partial charge in [0, 0.05) is 17.3 Å². The zero-order valence-corrected chi connectivity index (χ0v) is 20.1. The molecule has 1 amide bonds. The van der Waals surface area contributed by atoms with E-state index < -0.39 is 12.0 Å². The van der Waals surface area contributed by atoms with Crippen molar-refractivity contribution in [1.29, 1.82) is 0 Å². The Morgan fingerprint density at radius 2 is 1.94 bits per heavy atom. The second-order valence-electron chi connectivity index (χ2n) is 8.68. The molecule has 1 N–H and O–H groups in total. The number of aryl methyl sites for hydroxylation is 1. The van der Waals surface area contributed by atoms with E-state index in [1.165, 1.54) is 11.8 Å². The Hall–Kier alpha value is -3.32. The molecule has 2 aliphatic heterocycles. The Balaban J connectivity index is 1.63. The van der Waals surface area contributed by atoms with Gasteiger partial charge in [-0.2, -0.15) is 0 Å². The number of ether oxygens (including phenoxy) is 1. The summed E-state index contributed by atoms with van der Waals surface area (Å²) in [6, 6.07) is 17.7. The number of carbonyl (C=O) groups is 2. The number of esters is 1. The second kappa shape index (κ2) is 9.50. The molecular formula is C27H27N3O3S. The van der Waals surface area contributed by atoms with Crippen LogP contribution >= 0.6 is 11.8 Å². The fraction of sp³-hybridized carbons (Fsp3) is 0.296. The van der Waals surface area contributed by atoms with Gasteiger partial charge in [0.25, 0.3) is 0 Å². The topological polar surface area (TPSA) is 71.0 Å². The van der Waals surface area contributed by atoms with Crippen molar-refractivity contribution >= 4 is 34.5 Å². The monoisotopic (exact) mass is 473 g/mol. The molecule has 0 unspecified atom stereocenters. The molecule has 2 aromatic rings. The largest absolute Gasteiger partial charge is 0.463 e. The minimum Gasteiger partial charge on any atom is -0.463 e. The van der Waals surface area contributed by atoms with Crippen molar-refractivity contribution in [3.05, 3.63) is 88.0 Å². The summed E-state index contributed by atoms with van der Waals surface area (Å²) in [5.41, 5.74) is 4.84. The molecule has 2 aromatic carbocycles. The predicted octanol–water partition coefficient (Wildman–Crippen LogP) is 4.94. The number of thioether (sulfide) groups is 1. The first-order valence-corrected chi connectivity index (χ1v) is 12.5. The Morgan fingerprint density at radius 3 is 2.65 bits per heavy atom. The fourth-order valence-electron chi connectivity index (χ4n) is 4.31. The Labute approximate surface area is 203 Å². The third kappa shape index (κ3) is 4.53. The molecule has 1 fully saturated rings. The molecule has 0 spiro atoms. The first-order valence-electron chi connectivity index (χ1n) is 11.6. The third-order valence-corrected chi connectivity index (χ3v) is 6.88.